The Bertz CT molecular complexity index is 840. The molecule has 0 heterocycles. The molecule has 3 N–H and O–H groups in total. The molecule has 0 saturated heterocycles. The van der Waals surface area contributed by atoms with Crippen molar-refractivity contribution in [3.8, 4) is 5.75 Å². The molecule has 2 aromatic rings. The lowest BCUT2D eigenvalue weighted by molar-refractivity contribution is 0.0950. The van der Waals surface area contributed by atoms with Crippen molar-refractivity contribution in [3.63, 3.8) is 0 Å². The first-order valence-electron chi connectivity index (χ1n) is 8.08. The van der Waals surface area contributed by atoms with Crippen molar-refractivity contribution in [1.82, 2.24) is 10.6 Å². The van der Waals surface area contributed by atoms with Crippen LogP contribution in [0.1, 0.15) is 17.3 Å². The Kier molecular flexibility index (Phi) is 8.55. The molecule has 1 amide bonds. The van der Waals surface area contributed by atoms with Gasteiger partial charge in [-0.1, -0.05) is 0 Å². The summed E-state index contributed by atoms with van der Waals surface area (Å²) in [4.78, 5) is 12.1. The largest absolute Gasteiger partial charge is 0.497 e. The van der Waals surface area contributed by atoms with Crippen molar-refractivity contribution in [1.29, 1.82) is 0 Å². The van der Waals surface area contributed by atoms with Crippen molar-refractivity contribution >= 4 is 34.0 Å². The Hall–Kier alpha value is -2.29. The van der Waals surface area contributed by atoms with Crippen LogP contribution in [0.25, 0.3) is 0 Å². The molecule has 2 aromatic carbocycles. The number of amides is 1. The van der Waals surface area contributed by atoms with Gasteiger partial charge >= 0.3 is 0 Å². The quantitative estimate of drug-likeness (QED) is 0.616. The molecule has 0 radical (unpaired) electrons. The summed E-state index contributed by atoms with van der Waals surface area (Å²) in [7, 11) is -0.388. The third kappa shape index (κ3) is 6.42. The fourth-order valence-corrected chi connectivity index (χ4v) is 3.17. The molecule has 0 aliphatic heterocycles. The number of ether oxygens (including phenoxy) is 1. The maximum Gasteiger partial charge on any atom is 0.261 e. The third-order valence-corrected chi connectivity index (χ3v) is 5.23. The number of carbonyl (C=O) groups is 1. The number of nitrogens with one attached hydrogen (secondary N) is 3. The number of carbonyl (C=O) groups excluding carboxylic acids is 1. The molecule has 0 bridgehead atoms. The predicted molar refractivity (Wildman–Crippen MR) is 108 cm³/mol. The minimum Gasteiger partial charge on any atom is -0.497 e. The molecule has 0 aromatic heterocycles. The van der Waals surface area contributed by atoms with E-state index in [0.717, 1.165) is 0 Å². The molecule has 0 fully saturated rings. The van der Waals surface area contributed by atoms with Gasteiger partial charge in [-0.3, -0.25) is 9.52 Å². The highest BCUT2D eigenvalue weighted by Crippen LogP contribution is 2.19. The lowest BCUT2D eigenvalue weighted by Gasteiger charge is -2.12. The molecule has 27 heavy (non-hydrogen) atoms. The number of sulfonamides is 1. The van der Waals surface area contributed by atoms with Crippen molar-refractivity contribution in [3.05, 3.63) is 54.1 Å². The molecule has 0 spiro atoms. The van der Waals surface area contributed by atoms with Crippen LogP contribution < -0.4 is 20.1 Å². The lowest BCUT2D eigenvalue weighted by Crippen LogP contribution is -2.37. The first-order chi connectivity index (χ1) is 12.4. The summed E-state index contributed by atoms with van der Waals surface area (Å²) in [5.41, 5.74) is 0.824. The van der Waals surface area contributed by atoms with E-state index >= 15 is 0 Å². The average molecular weight is 414 g/mol. The highest BCUT2D eigenvalue weighted by Gasteiger charge is 2.15. The van der Waals surface area contributed by atoms with Crippen LogP contribution in [0.4, 0.5) is 5.69 Å². The van der Waals surface area contributed by atoms with Gasteiger partial charge in [-0.2, -0.15) is 0 Å². The van der Waals surface area contributed by atoms with Gasteiger partial charge in [0.2, 0.25) is 0 Å². The summed E-state index contributed by atoms with van der Waals surface area (Å²) in [6.07, 6.45) is 0. The molecule has 0 aliphatic rings. The second-order valence-corrected chi connectivity index (χ2v) is 7.44. The molecule has 9 heteroatoms. The molecular weight excluding hydrogens is 390 g/mol. The molecule has 1 unspecified atom stereocenters. The molecule has 2 rings (SSSR count). The van der Waals surface area contributed by atoms with E-state index in [0.29, 0.717) is 23.5 Å². The van der Waals surface area contributed by atoms with E-state index in [2.05, 4.69) is 15.4 Å². The number of likely N-dealkylation sites (N-methyl/N-ethyl adjacent to an activating group) is 1. The summed E-state index contributed by atoms with van der Waals surface area (Å²) >= 11 is 0. The zero-order chi connectivity index (χ0) is 19.2. The number of halogens is 1. The summed E-state index contributed by atoms with van der Waals surface area (Å²) in [5.74, 6) is 0.384. The zero-order valence-electron chi connectivity index (χ0n) is 15.4. The summed E-state index contributed by atoms with van der Waals surface area (Å²) < 4.78 is 32.4. The monoisotopic (exact) mass is 413 g/mol. The number of rotatable bonds is 8. The van der Waals surface area contributed by atoms with E-state index in [9.17, 15) is 13.2 Å². The van der Waals surface area contributed by atoms with Crippen molar-refractivity contribution in [2.45, 2.75) is 17.9 Å². The van der Waals surface area contributed by atoms with Crippen LogP contribution in [-0.4, -0.2) is 41.1 Å². The van der Waals surface area contributed by atoms with E-state index < -0.39 is 10.0 Å². The Labute approximate surface area is 166 Å². The van der Waals surface area contributed by atoms with Gasteiger partial charge in [0.25, 0.3) is 15.9 Å². The summed E-state index contributed by atoms with van der Waals surface area (Å²) in [5, 5.41) is 5.80. The highest BCUT2D eigenvalue weighted by molar-refractivity contribution is 7.92. The normalized spacial score (nSPS) is 11.8. The van der Waals surface area contributed by atoms with Crippen LogP contribution >= 0.6 is 12.4 Å². The second-order valence-electron chi connectivity index (χ2n) is 5.76. The highest BCUT2D eigenvalue weighted by atomic mass is 35.5. The van der Waals surface area contributed by atoms with Gasteiger partial charge in [0.05, 0.1) is 12.0 Å². The second kappa shape index (κ2) is 10.1. The summed E-state index contributed by atoms with van der Waals surface area (Å²) in [6.45, 7) is 2.43. The number of hydrogen-bond donors (Lipinski definition) is 3. The lowest BCUT2D eigenvalue weighted by atomic mass is 10.2. The maximum absolute atomic E-state index is 12.4. The molecule has 1 atom stereocenters. The molecule has 148 valence electrons. The van der Waals surface area contributed by atoms with E-state index in [1.54, 1.807) is 24.3 Å². The Morgan fingerprint density at radius 3 is 2.19 bits per heavy atom. The topological polar surface area (TPSA) is 96.5 Å². The van der Waals surface area contributed by atoms with Crippen LogP contribution in [-0.2, 0) is 10.0 Å². The van der Waals surface area contributed by atoms with Crippen LogP contribution in [0.5, 0.6) is 5.75 Å². The average Bonchev–Trinajstić information content (AvgIpc) is 2.66. The van der Waals surface area contributed by atoms with Crippen LogP contribution in [0.2, 0.25) is 0 Å². The van der Waals surface area contributed by atoms with E-state index in [4.69, 9.17) is 4.74 Å². The summed E-state index contributed by atoms with van der Waals surface area (Å²) in [6, 6.07) is 12.5. The van der Waals surface area contributed by atoms with Gasteiger partial charge in [0.15, 0.2) is 0 Å². The Balaban J connectivity index is 0.00000364. The number of anilines is 1. The fourth-order valence-electron chi connectivity index (χ4n) is 2.11. The first-order valence-corrected chi connectivity index (χ1v) is 9.56. The van der Waals surface area contributed by atoms with Gasteiger partial charge in [-0.15, -0.1) is 12.4 Å². The molecular formula is C18H24ClN3O4S. The Morgan fingerprint density at radius 2 is 1.67 bits per heavy atom. The van der Waals surface area contributed by atoms with Crippen molar-refractivity contribution < 1.29 is 17.9 Å². The maximum atomic E-state index is 12.4. The number of benzene rings is 2. The number of hydrogen-bond acceptors (Lipinski definition) is 5. The van der Waals surface area contributed by atoms with Gasteiger partial charge in [-0.05, 0) is 62.5 Å². The van der Waals surface area contributed by atoms with E-state index in [1.165, 1.54) is 31.4 Å². The van der Waals surface area contributed by atoms with E-state index in [1.807, 2.05) is 14.0 Å². The van der Waals surface area contributed by atoms with Crippen LogP contribution in [0.3, 0.4) is 0 Å². The number of methoxy groups -OCH3 is 1. The molecule has 0 aliphatic carbocycles. The van der Waals surface area contributed by atoms with Gasteiger partial charge in [-0.25, -0.2) is 8.42 Å². The minimum atomic E-state index is -3.74. The van der Waals surface area contributed by atoms with Crippen LogP contribution in [0.15, 0.2) is 53.4 Å². The smallest absolute Gasteiger partial charge is 0.261 e. The predicted octanol–water partition coefficient (Wildman–Crippen LogP) is 2.26. The van der Waals surface area contributed by atoms with Crippen molar-refractivity contribution in [2.24, 2.45) is 0 Å². The minimum absolute atomic E-state index is 0. The van der Waals surface area contributed by atoms with Crippen LogP contribution in [0, 0.1) is 0 Å². The van der Waals surface area contributed by atoms with Gasteiger partial charge in [0, 0.05) is 23.8 Å². The first kappa shape index (κ1) is 22.8. The molecule has 0 saturated carbocycles. The Morgan fingerprint density at radius 1 is 1.07 bits per heavy atom. The fraction of sp³-hybridized carbons (Fsp3) is 0.278. The SMILES string of the molecule is CNC(C)CNC(=O)c1ccc(S(=O)(=O)Nc2ccc(OC)cc2)cc1.Cl. The van der Waals surface area contributed by atoms with Gasteiger partial charge in [0.1, 0.15) is 5.75 Å². The molecule has 7 nitrogen and oxygen atoms in total. The van der Waals surface area contributed by atoms with Crippen molar-refractivity contribution in [2.75, 3.05) is 25.4 Å². The third-order valence-electron chi connectivity index (χ3n) is 3.83. The zero-order valence-corrected chi connectivity index (χ0v) is 17.0. The van der Waals surface area contributed by atoms with Gasteiger partial charge < -0.3 is 15.4 Å². The standard InChI is InChI=1S/C18H23N3O4S.ClH/c1-13(19-2)12-20-18(22)14-4-10-17(11-5-14)26(23,24)21-15-6-8-16(25-3)9-7-15;/h4-11,13,19,21H,12H2,1-3H3,(H,20,22);1H. The van der Waals surface area contributed by atoms with E-state index in [-0.39, 0.29) is 29.3 Å².